The van der Waals surface area contributed by atoms with Gasteiger partial charge in [0.05, 0.1) is 106 Å². The Morgan fingerprint density at radius 1 is 0.341 bits per heavy atom. The summed E-state index contributed by atoms with van der Waals surface area (Å²) in [6.45, 7) is 11.7. The second-order valence-electron chi connectivity index (χ2n) is 31.8. The van der Waals surface area contributed by atoms with Crippen LogP contribution in [0, 0.1) is 17.5 Å². The zero-order valence-corrected chi connectivity index (χ0v) is 75.5. The maximum absolute atomic E-state index is 14.9. The van der Waals surface area contributed by atoms with E-state index in [1.54, 1.807) is 41.5 Å². The van der Waals surface area contributed by atoms with Gasteiger partial charge in [0, 0.05) is 34.9 Å². The van der Waals surface area contributed by atoms with Crippen molar-refractivity contribution in [3.05, 3.63) is 263 Å². The second kappa shape index (κ2) is 40.7. The van der Waals surface area contributed by atoms with Crippen molar-refractivity contribution < 1.29 is 179 Å². The number of hydrogen-bond donors (Lipinski definition) is 1. The van der Waals surface area contributed by atoms with E-state index in [0.717, 1.165) is 63.2 Å². The van der Waals surface area contributed by atoms with Crippen LogP contribution in [0.2, 0.25) is 0 Å². The number of alkyl halides is 27. The topological polar surface area (TPSA) is 127 Å². The average Bonchev–Trinajstić information content (AvgIpc) is 1.63. The lowest BCUT2D eigenvalue weighted by Crippen LogP contribution is -2.32. The number of cyclic esters (lactones) is 3. The minimum Gasteiger partial charge on any atom is -0.507 e. The number of aromatic hydroxyl groups is 1. The summed E-state index contributed by atoms with van der Waals surface area (Å²) in [5.41, 5.74) is -15.4. The van der Waals surface area contributed by atoms with E-state index in [1.807, 2.05) is 0 Å². The molecular formula is C89H73BBr3F30N3O9. The van der Waals surface area contributed by atoms with Gasteiger partial charge in [-0.05, 0) is 214 Å². The van der Waals surface area contributed by atoms with Crippen LogP contribution in [0.25, 0.3) is 33.4 Å². The van der Waals surface area contributed by atoms with Crippen LogP contribution in [-0.4, -0.2) is 73.5 Å². The Morgan fingerprint density at radius 2 is 0.563 bits per heavy atom. The molecule has 3 aliphatic heterocycles. The Kier molecular flexibility index (Phi) is 31.2. The van der Waals surface area contributed by atoms with Crippen molar-refractivity contribution in [2.24, 2.45) is 0 Å². The molecule has 0 aromatic heterocycles. The molecule has 0 spiro atoms. The van der Waals surface area contributed by atoms with Gasteiger partial charge in [0.1, 0.15) is 53.0 Å². The van der Waals surface area contributed by atoms with Crippen LogP contribution in [0.15, 0.2) is 146 Å². The molecule has 9 aromatic carbocycles. The Balaban J connectivity index is 0.000000227. The van der Waals surface area contributed by atoms with E-state index >= 15 is 0 Å². The van der Waals surface area contributed by atoms with Gasteiger partial charge in [0.15, 0.2) is 0 Å². The third-order valence-electron chi connectivity index (χ3n) is 21.7. The average molecular weight is 2150 g/mol. The highest BCUT2D eigenvalue weighted by Crippen LogP contribution is 2.51. The number of ether oxygens (including phenoxy) is 5. The van der Waals surface area contributed by atoms with E-state index < -0.39 is 239 Å². The highest BCUT2D eigenvalue weighted by Gasteiger charge is 2.49. The Hall–Kier alpha value is -10.4. The van der Waals surface area contributed by atoms with Gasteiger partial charge in [-0.2, -0.15) is 119 Å². The number of phenols is 1. The van der Waals surface area contributed by atoms with Gasteiger partial charge in [-0.3, -0.25) is 14.7 Å². The smallest absolute Gasteiger partial charge is 0.416 e. The number of nitrogens with zero attached hydrogens (tertiary/aromatic N) is 3. The zero-order valence-electron chi connectivity index (χ0n) is 73.8. The number of methoxy groups -OCH3 is 2. The number of carbonyl (C=O) groups excluding carboxylic acids is 3. The summed E-state index contributed by atoms with van der Waals surface area (Å²) in [5.74, 6) is -4.65. The molecule has 3 saturated heterocycles. The first kappa shape index (κ1) is 104. The molecule has 0 aliphatic carbocycles. The predicted octanol–water partition coefficient (Wildman–Crippen LogP) is 31.1. The Morgan fingerprint density at radius 3 is 0.785 bits per heavy atom. The zero-order chi connectivity index (χ0) is 104. The highest BCUT2D eigenvalue weighted by molar-refractivity contribution is 9.69. The number of halogens is 33. The fourth-order valence-corrected chi connectivity index (χ4v) is 14.9. The van der Waals surface area contributed by atoms with E-state index in [0.29, 0.717) is 60.7 Å². The molecule has 0 radical (unpaired) electrons. The van der Waals surface area contributed by atoms with Gasteiger partial charge >= 0.3 is 77.1 Å². The molecule has 3 fully saturated rings. The molecule has 1 N–H and O–H groups in total. The van der Waals surface area contributed by atoms with Crippen LogP contribution in [0.1, 0.15) is 203 Å². The summed E-state index contributed by atoms with van der Waals surface area (Å²) < 4.78 is 458. The van der Waals surface area contributed by atoms with Crippen LogP contribution >= 0.6 is 47.3 Å². The predicted molar refractivity (Wildman–Crippen MR) is 442 cm³/mol. The largest absolute Gasteiger partial charge is 0.507 e. The van der Waals surface area contributed by atoms with Crippen molar-refractivity contribution in [3.8, 4) is 50.6 Å². The van der Waals surface area contributed by atoms with E-state index in [9.17, 15) is 151 Å². The van der Waals surface area contributed by atoms with Gasteiger partial charge in [0.25, 0.3) is 0 Å². The van der Waals surface area contributed by atoms with Crippen molar-refractivity contribution in [3.63, 3.8) is 0 Å². The van der Waals surface area contributed by atoms with Gasteiger partial charge in [-0.25, -0.2) is 27.6 Å². The lowest BCUT2D eigenvalue weighted by atomic mass is 9.91. The minimum atomic E-state index is -5.20. The molecule has 732 valence electrons. The third kappa shape index (κ3) is 25.7. The van der Waals surface area contributed by atoms with E-state index in [-0.39, 0.29) is 106 Å². The molecule has 0 bridgehead atoms. The van der Waals surface area contributed by atoms with Crippen molar-refractivity contribution >= 4 is 68.7 Å². The Labute approximate surface area is 778 Å². The van der Waals surface area contributed by atoms with Crippen molar-refractivity contribution in [2.75, 3.05) is 14.1 Å². The van der Waals surface area contributed by atoms with Crippen molar-refractivity contribution in [1.29, 1.82) is 0 Å². The lowest BCUT2D eigenvalue weighted by Gasteiger charge is -2.24. The number of amides is 3. The second-order valence-corrected chi connectivity index (χ2v) is 38.2. The van der Waals surface area contributed by atoms with Crippen LogP contribution in [-0.2, 0) is 89.4 Å². The summed E-state index contributed by atoms with van der Waals surface area (Å²) in [7, 11) is -1.89. The van der Waals surface area contributed by atoms with Crippen LogP contribution in [0.3, 0.4) is 0 Å². The SMILES string of the molecule is BrB(Br)Br.CC(C)c1cc(-c2ccc(C(F)(F)F)cc2CN2C(=O)O[C@H](c3cc(C(F)(F)F)cc(C(F)(F)F)c3)[C@@H]2C)c(O)cc1F.COc1cc(F)c(C(C)C)cc1-c1ccc(C(F)(F)F)cc1CN1C(=O)O[C@H](c2cc(C(F)(F)F)cc(C(F)(F)F)c2)[C@@H]1C.[2H]C([2H])([2H])Oc1cc(F)c(C(C)C)cc1-c1ccc(C(F)(F)F)cc1CN1C(=O)O[C@H](c2cc(C(F)(F)F)cc(C(F)(F)F)c2)[C@@H]1C. The molecule has 3 aliphatic rings. The molecule has 135 heavy (non-hydrogen) atoms. The third-order valence-corrected chi connectivity index (χ3v) is 21.7. The summed E-state index contributed by atoms with van der Waals surface area (Å²) in [6.07, 6.45) is -54.2. The van der Waals surface area contributed by atoms with Crippen LogP contribution < -0.4 is 9.47 Å². The molecular weight excluding hydrogens is 2080 g/mol. The number of carbonyl (C=O) groups is 3. The number of rotatable bonds is 17. The molecule has 0 saturated carbocycles. The standard InChI is InChI=1S/2C30H25F10NO3.C29H23F10NO3.BBr3/c2*1-14(2)22-11-23(25(43-4)12-24(22)31)21-6-5-18(28(32,33)34)9-17(21)13-41-15(3)26(44-27(41)42)16-7-19(29(35,36)37)10-20(8-16)30(38,39)40;1-13(2)21-10-22(24(41)11-23(21)30)20-5-4-17(27(31,32)33)8-16(20)12-40-14(3)25(43-26(40)42)15-6-18(28(34,35)36)9-19(7-15)29(37,38)39;2-1(3)4/h2*5-12,14-15,26H,13H2,1-4H3;4-11,13-14,25,41H,12H2,1-3H3;/t2*15-,26-;14-,25-;/m000./s1/i4D3;;;. The van der Waals surface area contributed by atoms with Gasteiger partial charge in [-0.15, -0.1) is 47.3 Å². The van der Waals surface area contributed by atoms with Gasteiger partial charge in [-0.1, -0.05) is 59.7 Å². The Bertz CT molecular complexity index is 5880. The normalized spacial score (nSPS) is 18.0. The fourth-order valence-electron chi connectivity index (χ4n) is 14.9. The van der Waals surface area contributed by atoms with Gasteiger partial charge < -0.3 is 28.8 Å². The van der Waals surface area contributed by atoms with E-state index in [4.69, 9.17) is 27.8 Å². The first-order valence-corrected chi connectivity index (χ1v) is 42.0. The van der Waals surface area contributed by atoms with Crippen LogP contribution in [0.4, 0.5) is 146 Å². The molecule has 3 amide bonds. The molecule has 12 rings (SSSR count). The maximum atomic E-state index is 14.9. The molecule has 0 unspecified atom stereocenters. The molecule has 9 aromatic rings. The van der Waals surface area contributed by atoms with E-state index in [2.05, 4.69) is 47.3 Å². The molecule has 12 nitrogen and oxygen atoms in total. The highest BCUT2D eigenvalue weighted by atomic mass is 79.9. The fraction of sp³-hybridized carbons (Fsp3) is 0.360. The van der Waals surface area contributed by atoms with Crippen LogP contribution in [0.5, 0.6) is 17.2 Å². The van der Waals surface area contributed by atoms with Crippen molar-refractivity contribution in [1.82, 2.24) is 14.7 Å². The summed E-state index contributed by atoms with van der Waals surface area (Å²) in [6, 6.07) is 12.2. The monoisotopic (exact) mass is 2150 g/mol. The first-order chi connectivity index (χ1) is 63.0. The quantitative estimate of drug-likeness (QED) is 0.0538. The van der Waals surface area contributed by atoms with Crippen molar-refractivity contribution in [2.45, 2.75) is 192 Å². The lowest BCUT2D eigenvalue weighted by molar-refractivity contribution is -0.144. The molecule has 3 heterocycles. The summed E-state index contributed by atoms with van der Waals surface area (Å²) >= 11 is 9.31. The van der Waals surface area contributed by atoms with E-state index in [1.165, 1.54) is 46.1 Å². The number of hydrogen-bond acceptors (Lipinski definition) is 9. The number of phenolic OH excluding ortho intramolecular Hbond substituents is 1. The molecule has 46 heteroatoms. The van der Waals surface area contributed by atoms with Gasteiger partial charge in [0.2, 0.25) is 0 Å². The maximum Gasteiger partial charge on any atom is 0.416 e. The minimum absolute atomic E-state index is 0.0192. The first-order valence-electron chi connectivity index (χ1n) is 40.8. The number of benzene rings is 9. The summed E-state index contributed by atoms with van der Waals surface area (Å²) in [4.78, 5) is 41.3. The molecule has 6 atom stereocenters. The summed E-state index contributed by atoms with van der Waals surface area (Å²) in [5, 5.41) is 10.5.